The van der Waals surface area contributed by atoms with Crippen molar-refractivity contribution < 1.29 is 9.84 Å². The van der Waals surface area contributed by atoms with Crippen molar-refractivity contribution in [3.05, 3.63) is 64.1 Å². The summed E-state index contributed by atoms with van der Waals surface area (Å²) in [6, 6.07) is 17.0. The largest absolute Gasteiger partial charge is 0.491 e. The highest BCUT2D eigenvalue weighted by Gasteiger charge is 2.11. The molecular weight excluding hydrogens is 356 g/mol. The summed E-state index contributed by atoms with van der Waals surface area (Å²) in [4.78, 5) is 2.05. The van der Waals surface area contributed by atoms with Gasteiger partial charge in [-0.05, 0) is 42.9 Å². The molecule has 0 heterocycles. The average Bonchev–Trinajstić information content (AvgIpc) is 2.55. The van der Waals surface area contributed by atoms with Crippen LogP contribution in [0, 0.1) is 11.3 Å². The fraction of sp³-hybridized carbons (Fsp3) is 0.278. The molecule has 120 valence electrons. The van der Waals surface area contributed by atoms with Crippen LogP contribution in [0.3, 0.4) is 0 Å². The lowest BCUT2D eigenvalue weighted by Crippen LogP contribution is -2.32. The van der Waals surface area contributed by atoms with Gasteiger partial charge in [0, 0.05) is 17.6 Å². The first-order valence-electron chi connectivity index (χ1n) is 7.31. The maximum atomic E-state index is 10.1. The van der Waals surface area contributed by atoms with Crippen LogP contribution < -0.4 is 4.74 Å². The van der Waals surface area contributed by atoms with Gasteiger partial charge in [-0.3, -0.25) is 4.90 Å². The Kier molecular flexibility index (Phi) is 6.60. The Morgan fingerprint density at radius 3 is 2.57 bits per heavy atom. The van der Waals surface area contributed by atoms with Gasteiger partial charge in [0.15, 0.2) is 0 Å². The highest BCUT2D eigenvalue weighted by atomic mass is 79.9. The third kappa shape index (κ3) is 5.68. The Morgan fingerprint density at radius 2 is 1.91 bits per heavy atom. The van der Waals surface area contributed by atoms with Crippen LogP contribution in [0.4, 0.5) is 0 Å². The Hall–Kier alpha value is -1.87. The van der Waals surface area contributed by atoms with Crippen LogP contribution in [0.25, 0.3) is 0 Å². The van der Waals surface area contributed by atoms with E-state index in [9.17, 15) is 5.11 Å². The number of ether oxygens (including phenoxy) is 1. The van der Waals surface area contributed by atoms with Gasteiger partial charge in [-0.15, -0.1) is 0 Å². The molecule has 4 nitrogen and oxygen atoms in total. The van der Waals surface area contributed by atoms with Gasteiger partial charge < -0.3 is 9.84 Å². The molecule has 0 bridgehead atoms. The van der Waals surface area contributed by atoms with Crippen molar-refractivity contribution in [1.29, 1.82) is 5.26 Å². The van der Waals surface area contributed by atoms with Gasteiger partial charge in [0.25, 0.3) is 0 Å². The summed E-state index contributed by atoms with van der Waals surface area (Å²) in [6.07, 6.45) is -0.585. The number of nitrogens with zero attached hydrogens (tertiary/aromatic N) is 2. The molecule has 5 heteroatoms. The van der Waals surface area contributed by atoms with E-state index in [2.05, 4.69) is 28.1 Å². The number of benzene rings is 2. The molecule has 0 spiro atoms. The zero-order valence-corrected chi connectivity index (χ0v) is 14.5. The number of halogens is 1. The smallest absolute Gasteiger partial charge is 0.119 e. The van der Waals surface area contributed by atoms with Crippen molar-refractivity contribution >= 4 is 15.9 Å². The number of likely N-dealkylation sites (N-methyl/N-ethyl adjacent to an activating group) is 1. The highest BCUT2D eigenvalue weighted by Crippen LogP contribution is 2.17. The van der Waals surface area contributed by atoms with E-state index in [1.165, 1.54) is 5.56 Å². The standard InChI is InChI=1S/C18H19BrN2O2/c1-21(11-15-4-2-3-5-18(15)19)12-16(22)13-23-17-8-6-14(10-20)7-9-17/h2-9,16,22H,11-13H2,1H3. The van der Waals surface area contributed by atoms with E-state index < -0.39 is 6.10 Å². The van der Waals surface area contributed by atoms with Crippen LogP contribution >= 0.6 is 15.9 Å². The van der Waals surface area contributed by atoms with Crippen LogP contribution in [-0.2, 0) is 6.54 Å². The molecule has 0 amide bonds. The zero-order chi connectivity index (χ0) is 16.7. The van der Waals surface area contributed by atoms with Crippen LogP contribution in [0.5, 0.6) is 5.75 Å². The average molecular weight is 375 g/mol. The summed E-state index contributed by atoms with van der Waals surface area (Å²) in [5, 5.41) is 18.8. The summed E-state index contributed by atoms with van der Waals surface area (Å²) in [7, 11) is 1.96. The fourth-order valence-corrected chi connectivity index (χ4v) is 2.62. The predicted molar refractivity (Wildman–Crippen MR) is 93.1 cm³/mol. The Morgan fingerprint density at radius 1 is 1.22 bits per heavy atom. The maximum Gasteiger partial charge on any atom is 0.119 e. The van der Waals surface area contributed by atoms with Gasteiger partial charge in [0.05, 0.1) is 11.6 Å². The molecule has 1 atom stereocenters. The summed E-state index contributed by atoms with van der Waals surface area (Å²) in [5.41, 5.74) is 1.77. The zero-order valence-electron chi connectivity index (χ0n) is 12.9. The van der Waals surface area contributed by atoms with Crippen molar-refractivity contribution in [3.8, 4) is 11.8 Å². The van der Waals surface area contributed by atoms with Crippen molar-refractivity contribution in [2.45, 2.75) is 12.6 Å². The number of hydrogen-bond donors (Lipinski definition) is 1. The van der Waals surface area contributed by atoms with Gasteiger partial charge in [-0.1, -0.05) is 34.1 Å². The second-order valence-corrected chi connectivity index (χ2v) is 6.24. The summed E-state index contributed by atoms with van der Waals surface area (Å²) >= 11 is 3.53. The highest BCUT2D eigenvalue weighted by molar-refractivity contribution is 9.10. The number of nitriles is 1. The molecular formula is C18H19BrN2O2. The molecule has 0 fully saturated rings. The maximum absolute atomic E-state index is 10.1. The molecule has 2 aromatic carbocycles. The minimum atomic E-state index is -0.585. The minimum Gasteiger partial charge on any atom is -0.491 e. The van der Waals surface area contributed by atoms with E-state index in [4.69, 9.17) is 10.00 Å². The number of hydrogen-bond acceptors (Lipinski definition) is 4. The van der Waals surface area contributed by atoms with Crippen molar-refractivity contribution in [2.24, 2.45) is 0 Å². The summed E-state index contributed by atoms with van der Waals surface area (Å²) in [6.45, 7) is 1.47. The van der Waals surface area contributed by atoms with Gasteiger partial charge in [0.1, 0.15) is 18.5 Å². The molecule has 0 aliphatic carbocycles. The fourth-order valence-electron chi connectivity index (χ4n) is 2.21. The van der Waals surface area contributed by atoms with Gasteiger partial charge >= 0.3 is 0 Å². The number of aliphatic hydroxyl groups is 1. The lowest BCUT2D eigenvalue weighted by Gasteiger charge is -2.21. The van der Waals surface area contributed by atoms with E-state index in [0.29, 0.717) is 17.9 Å². The SMILES string of the molecule is CN(Cc1ccccc1Br)CC(O)COc1ccc(C#N)cc1. The summed E-state index contributed by atoms with van der Waals surface area (Å²) in [5.74, 6) is 0.650. The number of aliphatic hydroxyl groups excluding tert-OH is 1. The topological polar surface area (TPSA) is 56.5 Å². The Balaban J connectivity index is 1.78. The molecule has 0 aliphatic rings. The van der Waals surface area contributed by atoms with Gasteiger partial charge in [-0.2, -0.15) is 5.26 Å². The first-order chi connectivity index (χ1) is 11.1. The second-order valence-electron chi connectivity index (χ2n) is 5.39. The van der Waals surface area contributed by atoms with Crippen LogP contribution in [0.15, 0.2) is 53.0 Å². The normalized spacial score (nSPS) is 12.0. The van der Waals surface area contributed by atoms with E-state index in [1.54, 1.807) is 24.3 Å². The van der Waals surface area contributed by atoms with E-state index in [-0.39, 0.29) is 6.61 Å². The predicted octanol–water partition coefficient (Wildman–Crippen LogP) is 3.19. The van der Waals surface area contributed by atoms with E-state index in [0.717, 1.165) is 11.0 Å². The molecule has 0 saturated carbocycles. The monoisotopic (exact) mass is 374 g/mol. The lowest BCUT2D eigenvalue weighted by molar-refractivity contribution is 0.0743. The summed E-state index contributed by atoms with van der Waals surface area (Å²) < 4.78 is 6.61. The first-order valence-corrected chi connectivity index (χ1v) is 8.11. The molecule has 2 aromatic rings. The van der Waals surface area contributed by atoms with Crippen molar-refractivity contribution in [1.82, 2.24) is 4.90 Å². The second kappa shape index (κ2) is 8.68. The van der Waals surface area contributed by atoms with Gasteiger partial charge in [0.2, 0.25) is 0 Å². The molecule has 1 unspecified atom stereocenters. The molecule has 0 radical (unpaired) electrons. The van der Waals surface area contributed by atoms with Crippen LogP contribution in [0.1, 0.15) is 11.1 Å². The molecule has 0 aromatic heterocycles. The molecule has 0 aliphatic heterocycles. The third-order valence-corrected chi connectivity index (χ3v) is 4.12. The Bertz CT molecular complexity index is 667. The lowest BCUT2D eigenvalue weighted by atomic mass is 10.2. The number of rotatable bonds is 7. The molecule has 2 rings (SSSR count). The van der Waals surface area contributed by atoms with Crippen molar-refractivity contribution in [2.75, 3.05) is 20.2 Å². The molecule has 1 N–H and O–H groups in total. The first kappa shape index (κ1) is 17.5. The Labute approximate surface area is 145 Å². The third-order valence-electron chi connectivity index (χ3n) is 3.35. The van der Waals surface area contributed by atoms with Crippen LogP contribution in [0.2, 0.25) is 0 Å². The van der Waals surface area contributed by atoms with E-state index in [1.807, 2.05) is 30.1 Å². The minimum absolute atomic E-state index is 0.214. The molecule has 0 saturated heterocycles. The van der Waals surface area contributed by atoms with Gasteiger partial charge in [-0.25, -0.2) is 0 Å². The van der Waals surface area contributed by atoms with Crippen molar-refractivity contribution in [3.63, 3.8) is 0 Å². The van der Waals surface area contributed by atoms with E-state index >= 15 is 0 Å². The molecule has 23 heavy (non-hydrogen) atoms. The quantitative estimate of drug-likeness (QED) is 0.808. The van der Waals surface area contributed by atoms with Crippen LogP contribution in [-0.4, -0.2) is 36.3 Å².